The minimum Gasteiger partial charge on any atom is -0.490 e. The van der Waals surface area contributed by atoms with E-state index in [1.54, 1.807) is 33.0 Å². The predicted molar refractivity (Wildman–Crippen MR) is 126 cm³/mol. The zero-order valence-corrected chi connectivity index (χ0v) is 21.0. The zero-order chi connectivity index (χ0) is 25.7. The van der Waals surface area contributed by atoms with Crippen molar-refractivity contribution in [2.75, 3.05) is 48.0 Å². The molecule has 0 N–H and O–H groups in total. The summed E-state index contributed by atoms with van der Waals surface area (Å²) in [6.07, 6.45) is 1.01. The van der Waals surface area contributed by atoms with Gasteiger partial charge in [0.15, 0.2) is 0 Å². The second-order valence-corrected chi connectivity index (χ2v) is 9.19. The van der Waals surface area contributed by atoms with Gasteiger partial charge in [-0.05, 0) is 25.3 Å². The predicted octanol–water partition coefficient (Wildman–Crippen LogP) is 2.12. The molecule has 2 bridgehead atoms. The van der Waals surface area contributed by atoms with Gasteiger partial charge in [0.2, 0.25) is 5.91 Å². The molecule has 1 aromatic carbocycles. The van der Waals surface area contributed by atoms with Crippen LogP contribution in [-0.2, 0) is 19.0 Å². The van der Waals surface area contributed by atoms with Gasteiger partial charge in [-0.15, -0.1) is 0 Å². The number of amides is 2. The number of non-ortho nitro benzene ring substituents is 1. The van der Waals surface area contributed by atoms with Crippen molar-refractivity contribution in [3.63, 3.8) is 0 Å². The normalized spacial score (nSPS) is 28.9. The Morgan fingerprint density at radius 3 is 2.43 bits per heavy atom. The molecule has 1 aromatic rings. The van der Waals surface area contributed by atoms with E-state index in [0.717, 1.165) is 12.8 Å². The van der Waals surface area contributed by atoms with E-state index in [-0.39, 0.29) is 54.4 Å². The van der Waals surface area contributed by atoms with Crippen LogP contribution >= 0.6 is 0 Å². The van der Waals surface area contributed by atoms with Crippen molar-refractivity contribution in [1.29, 1.82) is 0 Å². The average Bonchev–Trinajstić information content (AvgIpc) is 2.86. The second-order valence-electron chi connectivity index (χ2n) is 9.19. The van der Waals surface area contributed by atoms with E-state index in [9.17, 15) is 19.7 Å². The molecule has 1 fully saturated rings. The number of fused-ring (bicyclic) bond motifs is 3. The highest BCUT2D eigenvalue weighted by Gasteiger charge is 2.34. The van der Waals surface area contributed by atoms with Crippen molar-refractivity contribution in [1.82, 2.24) is 9.80 Å². The summed E-state index contributed by atoms with van der Waals surface area (Å²) in [5, 5.41) is 11.4. The number of nitro benzene ring substituents is 1. The highest BCUT2D eigenvalue weighted by Crippen LogP contribution is 2.29. The summed E-state index contributed by atoms with van der Waals surface area (Å²) in [5.41, 5.74) is -0.165. The molecule has 35 heavy (non-hydrogen) atoms. The molecule has 1 saturated heterocycles. The smallest absolute Gasteiger partial charge is 0.270 e. The van der Waals surface area contributed by atoms with Gasteiger partial charge in [-0.1, -0.05) is 6.92 Å². The molecule has 2 aliphatic heterocycles. The number of benzene rings is 1. The molecule has 2 amide bonds. The lowest BCUT2D eigenvalue weighted by molar-refractivity contribution is -0.384. The average molecular weight is 494 g/mol. The fourth-order valence-corrected chi connectivity index (χ4v) is 4.61. The topological polar surface area (TPSA) is 121 Å². The van der Waals surface area contributed by atoms with Gasteiger partial charge in [0.05, 0.1) is 34.7 Å². The first-order chi connectivity index (χ1) is 16.7. The van der Waals surface area contributed by atoms with Crippen LogP contribution in [0.4, 0.5) is 5.69 Å². The highest BCUT2D eigenvalue weighted by molar-refractivity contribution is 5.97. The van der Waals surface area contributed by atoms with Gasteiger partial charge in [0, 0.05) is 53.5 Å². The number of carbonyl (C=O) groups excluding carboxylic acids is 2. The maximum Gasteiger partial charge on any atom is 0.270 e. The minimum atomic E-state index is -0.562. The Morgan fingerprint density at radius 2 is 1.77 bits per heavy atom. The van der Waals surface area contributed by atoms with E-state index in [0.29, 0.717) is 13.0 Å². The Labute approximate surface area is 205 Å². The van der Waals surface area contributed by atoms with Crippen molar-refractivity contribution in [2.24, 2.45) is 5.92 Å². The molecule has 0 saturated carbocycles. The summed E-state index contributed by atoms with van der Waals surface area (Å²) in [6, 6.07) is 3.94. The number of likely N-dealkylation sites (N-methyl/N-ethyl adjacent to an activating group) is 1. The van der Waals surface area contributed by atoms with Gasteiger partial charge in [-0.3, -0.25) is 19.7 Å². The fraction of sp³-hybridized carbons (Fsp3) is 0.667. The Hall–Kier alpha value is -2.76. The molecule has 0 aromatic heterocycles. The number of ether oxygens (including phenoxy) is 4. The molecular weight excluding hydrogens is 458 g/mol. The van der Waals surface area contributed by atoms with Gasteiger partial charge in [0.25, 0.3) is 11.6 Å². The van der Waals surface area contributed by atoms with Crippen LogP contribution in [0.25, 0.3) is 0 Å². The van der Waals surface area contributed by atoms with Crippen molar-refractivity contribution < 1.29 is 33.5 Å². The second kappa shape index (κ2) is 11.8. The molecular formula is C24H35N3O8. The standard InChI is InChI=1S/C24H35N3O8/c1-15-21(33-5)13-26(3)24(29)18-12-16(27(30)31)6-8-19(18)34-14-22-20(32-4)9-7-17(35-22)10-11-25(2)23(15)28/h6,8,12,15,17,20-22H,7,9-11,13-14H2,1-5H3/t15-,17+,20+,21+,22+/m1/s1. The van der Waals surface area contributed by atoms with Gasteiger partial charge in [-0.25, -0.2) is 0 Å². The maximum absolute atomic E-state index is 13.4. The van der Waals surface area contributed by atoms with Crippen LogP contribution in [-0.4, -0.2) is 99.0 Å². The minimum absolute atomic E-state index is 0.0565. The van der Waals surface area contributed by atoms with Crippen molar-refractivity contribution in [3.8, 4) is 5.75 Å². The third-order valence-corrected chi connectivity index (χ3v) is 6.88. The number of hydrogen-bond acceptors (Lipinski definition) is 8. The molecule has 5 atom stereocenters. The maximum atomic E-state index is 13.4. The number of hydrogen-bond donors (Lipinski definition) is 0. The molecule has 2 heterocycles. The van der Waals surface area contributed by atoms with E-state index in [1.807, 2.05) is 0 Å². The van der Waals surface area contributed by atoms with E-state index in [2.05, 4.69) is 0 Å². The first kappa shape index (κ1) is 26.8. The lowest BCUT2D eigenvalue weighted by atomic mass is 9.98. The molecule has 0 unspecified atom stereocenters. The number of nitro groups is 1. The van der Waals surface area contributed by atoms with E-state index in [1.165, 1.54) is 30.2 Å². The third kappa shape index (κ3) is 6.28. The van der Waals surface area contributed by atoms with Crippen LogP contribution in [0.1, 0.15) is 36.5 Å². The third-order valence-electron chi connectivity index (χ3n) is 6.88. The number of rotatable bonds is 3. The van der Waals surface area contributed by atoms with Crippen LogP contribution < -0.4 is 4.74 Å². The molecule has 11 heteroatoms. The number of methoxy groups -OCH3 is 2. The van der Waals surface area contributed by atoms with Crippen molar-refractivity contribution >= 4 is 17.5 Å². The Morgan fingerprint density at radius 1 is 1.06 bits per heavy atom. The van der Waals surface area contributed by atoms with E-state index >= 15 is 0 Å². The summed E-state index contributed by atoms with van der Waals surface area (Å²) in [7, 11) is 6.43. The molecule has 194 valence electrons. The van der Waals surface area contributed by atoms with Crippen LogP contribution in [0.2, 0.25) is 0 Å². The highest BCUT2D eigenvalue weighted by atomic mass is 16.6. The molecule has 0 radical (unpaired) electrons. The van der Waals surface area contributed by atoms with Gasteiger partial charge in [-0.2, -0.15) is 0 Å². The van der Waals surface area contributed by atoms with Crippen LogP contribution in [0, 0.1) is 16.0 Å². The Kier molecular flexibility index (Phi) is 9.03. The summed E-state index contributed by atoms with van der Waals surface area (Å²) < 4.78 is 23.4. The SMILES string of the molecule is CO[C@H]1CC[C@H]2CCN(C)C(=O)[C@H](C)[C@@H](OC)CN(C)C(=O)c3cc([N+](=O)[O-])ccc3OC[C@@H]1O2. The lowest BCUT2D eigenvalue weighted by Gasteiger charge is -2.37. The fourth-order valence-electron chi connectivity index (χ4n) is 4.61. The molecule has 0 spiro atoms. The molecule has 2 aliphatic rings. The van der Waals surface area contributed by atoms with Gasteiger partial charge in [0.1, 0.15) is 18.5 Å². The van der Waals surface area contributed by atoms with Crippen LogP contribution in [0.5, 0.6) is 5.75 Å². The van der Waals surface area contributed by atoms with E-state index in [4.69, 9.17) is 18.9 Å². The lowest BCUT2D eigenvalue weighted by Crippen LogP contribution is -2.47. The van der Waals surface area contributed by atoms with Gasteiger partial charge < -0.3 is 28.7 Å². The number of nitrogens with zero attached hydrogens (tertiary/aromatic N) is 3. The van der Waals surface area contributed by atoms with Crippen molar-refractivity contribution in [2.45, 2.75) is 50.6 Å². The summed E-state index contributed by atoms with van der Waals surface area (Å²) >= 11 is 0. The molecule has 0 aliphatic carbocycles. The molecule has 3 rings (SSSR count). The Balaban J connectivity index is 1.98. The molecule has 11 nitrogen and oxygen atoms in total. The zero-order valence-electron chi connectivity index (χ0n) is 21.0. The van der Waals surface area contributed by atoms with Crippen LogP contribution in [0.3, 0.4) is 0 Å². The largest absolute Gasteiger partial charge is 0.490 e. The first-order valence-electron chi connectivity index (χ1n) is 11.8. The van der Waals surface area contributed by atoms with Gasteiger partial charge >= 0.3 is 0 Å². The summed E-state index contributed by atoms with van der Waals surface area (Å²) in [4.78, 5) is 40.3. The summed E-state index contributed by atoms with van der Waals surface area (Å²) in [6.45, 7) is 2.53. The number of carbonyl (C=O) groups is 2. The summed E-state index contributed by atoms with van der Waals surface area (Å²) in [5.74, 6) is -0.854. The monoisotopic (exact) mass is 493 g/mol. The van der Waals surface area contributed by atoms with Crippen molar-refractivity contribution in [3.05, 3.63) is 33.9 Å². The Bertz CT molecular complexity index is 926. The van der Waals surface area contributed by atoms with Crippen LogP contribution in [0.15, 0.2) is 18.2 Å². The van der Waals surface area contributed by atoms with E-state index < -0.39 is 22.9 Å². The first-order valence-corrected chi connectivity index (χ1v) is 11.8. The quantitative estimate of drug-likeness (QED) is 0.464.